The number of hydrogen-bond donors (Lipinski definition) is 2. The molecule has 8 nitrogen and oxygen atoms in total. The molecule has 51 heavy (non-hydrogen) atoms. The number of carbonyl (C=O) groups excluding carboxylic acids is 4. The van der Waals surface area contributed by atoms with E-state index in [1.807, 2.05) is 0 Å². The Kier molecular flexibility index (Phi) is 10.5. The van der Waals surface area contributed by atoms with E-state index in [4.69, 9.17) is 9.47 Å². The van der Waals surface area contributed by atoms with Gasteiger partial charge in [0.05, 0.1) is 0 Å². The number of nitrogens with one attached hydrogen (secondary N) is 2. The molecule has 0 spiro atoms. The molecule has 4 aliphatic rings. The zero-order chi connectivity index (χ0) is 36.5. The number of fused-ring (bicyclic) bond motifs is 2. The van der Waals surface area contributed by atoms with Gasteiger partial charge in [-0.1, -0.05) is 65.8 Å². The molecule has 2 aromatic rings. The van der Waals surface area contributed by atoms with Gasteiger partial charge in [0.1, 0.15) is 24.7 Å². The molecule has 0 amide bonds. The van der Waals surface area contributed by atoms with Crippen LogP contribution in [0.1, 0.15) is 81.3 Å². The summed E-state index contributed by atoms with van der Waals surface area (Å²) in [6.45, 7) is 16.2. The molecule has 0 fully saturated rings. The quantitative estimate of drug-likeness (QED) is 0.348. The lowest BCUT2D eigenvalue weighted by atomic mass is 9.79. The second kappa shape index (κ2) is 14.7. The van der Waals surface area contributed by atoms with Crippen molar-refractivity contribution in [1.29, 1.82) is 0 Å². The Balaban J connectivity index is 1.60. The third-order valence-corrected chi connectivity index (χ3v) is 9.93. The molecule has 10 bridgehead atoms. The molecular formula is C43H50N2O6. The lowest BCUT2D eigenvalue weighted by Gasteiger charge is -2.27. The summed E-state index contributed by atoms with van der Waals surface area (Å²) in [5, 5.41) is 6.90. The fourth-order valence-electron chi connectivity index (χ4n) is 7.10. The molecular weight excluding hydrogens is 640 g/mol. The molecule has 0 saturated heterocycles. The van der Waals surface area contributed by atoms with Crippen LogP contribution in [0.5, 0.6) is 11.5 Å². The van der Waals surface area contributed by atoms with Crippen LogP contribution in [-0.2, 0) is 55.7 Å². The Morgan fingerprint density at radius 3 is 1.10 bits per heavy atom. The summed E-state index contributed by atoms with van der Waals surface area (Å²) < 4.78 is 13.1. The summed E-state index contributed by atoms with van der Waals surface area (Å²) in [4.78, 5) is 55.4. The normalized spacial score (nSPS) is 19.5. The summed E-state index contributed by atoms with van der Waals surface area (Å²) in [6.07, 6.45) is 7.43. The van der Waals surface area contributed by atoms with Crippen molar-refractivity contribution in [2.24, 2.45) is 0 Å². The maximum absolute atomic E-state index is 14.4. The van der Waals surface area contributed by atoms with Crippen LogP contribution in [0.3, 0.4) is 0 Å². The Morgan fingerprint density at radius 1 is 0.490 bits per heavy atom. The molecule has 1 heterocycles. The van der Waals surface area contributed by atoms with Gasteiger partial charge in [-0.05, 0) is 88.0 Å². The van der Waals surface area contributed by atoms with E-state index in [0.717, 1.165) is 52.9 Å². The van der Waals surface area contributed by atoms with Crippen molar-refractivity contribution in [3.63, 3.8) is 0 Å². The van der Waals surface area contributed by atoms with Crippen LogP contribution < -0.4 is 20.1 Å². The standard InChI is InChI=1S/C43H50N2O6/c1-42(2,3)34-18-30-14-26-22-36(46)24-28(38(26)48)16-32-20-35(43(4,5)6)21-33-17-29-25-37(47)23-27(39(29)49)15-31(19-34)40(30)50-12-10-44-8-7-9-45-11-13-51-41(32)33/h18-25,44-45H,7-17H2,1-6H3. The number of allylic oxidation sites excluding steroid dienone is 8. The van der Waals surface area contributed by atoms with Gasteiger partial charge in [0.15, 0.2) is 23.1 Å². The van der Waals surface area contributed by atoms with Crippen LogP contribution in [0.2, 0.25) is 0 Å². The Morgan fingerprint density at radius 2 is 0.804 bits per heavy atom. The fourth-order valence-corrected chi connectivity index (χ4v) is 7.10. The fraction of sp³-hybridized carbons (Fsp3) is 0.442. The van der Waals surface area contributed by atoms with Crippen molar-refractivity contribution in [1.82, 2.24) is 10.6 Å². The van der Waals surface area contributed by atoms with Crippen LogP contribution in [0.4, 0.5) is 0 Å². The van der Waals surface area contributed by atoms with Gasteiger partial charge in [-0.3, -0.25) is 19.2 Å². The van der Waals surface area contributed by atoms with Gasteiger partial charge in [-0.15, -0.1) is 0 Å². The summed E-state index contributed by atoms with van der Waals surface area (Å²) in [5.74, 6) is 0.357. The first kappa shape index (κ1) is 36.4. The average molecular weight is 691 g/mol. The first-order valence-corrected chi connectivity index (χ1v) is 18.2. The van der Waals surface area contributed by atoms with Crippen molar-refractivity contribution in [2.45, 2.75) is 84.5 Å². The van der Waals surface area contributed by atoms with Crippen LogP contribution in [0.25, 0.3) is 0 Å². The highest BCUT2D eigenvalue weighted by atomic mass is 16.5. The van der Waals surface area contributed by atoms with Crippen molar-refractivity contribution in [3.05, 3.63) is 104 Å². The van der Waals surface area contributed by atoms with Crippen LogP contribution >= 0.6 is 0 Å². The van der Waals surface area contributed by atoms with Gasteiger partial charge in [0.2, 0.25) is 0 Å². The molecule has 2 aromatic carbocycles. The molecule has 2 N–H and O–H groups in total. The molecule has 3 aliphatic carbocycles. The lowest BCUT2D eigenvalue weighted by molar-refractivity contribution is -0.115. The van der Waals surface area contributed by atoms with Gasteiger partial charge in [0, 0.05) is 61.1 Å². The van der Waals surface area contributed by atoms with Gasteiger partial charge < -0.3 is 20.1 Å². The minimum Gasteiger partial charge on any atom is -0.492 e. The number of ether oxygens (including phenoxy) is 2. The van der Waals surface area contributed by atoms with Gasteiger partial charge >= 0.3 is 0 Å². The minimum atomic E-state index is -0.273. The average Bonchev–Trinajstić information content (AvgIpc) is 3.04. The van der Waals surface area contributed by atoms with Gasteiger partial charge in [-0.2, -0.15) is 0 Å². The third-order valence-electron chi connectivity index (χ3n) is 9.93. The highest BCUT2D eigenvalue weighted by Crippen LogP contribution is 2.39. The van der Waals surface area contributed by atoms with Crippen molar-refractivity contribution < 1.29 is 28.7 Å². The van der Waals surface area contributed by atoms with E-state index >= 15 is 0 Å². The Bertz CT molecular complexity index is 1670. The third kappa shape index (κ3) is 8.40. The topological polar surface area (TPSA) is 111 Å². The van der Waals surface area contributed by atoms with E-state index in [0.29, 0.717) is 60.1 Å². The Labute approximate surface area is 301 Å². The molecule has 268 valence electrons. The van der Waals surface area contributed by atoms with Crippen LogP contribution in [0, 0.1) is 0 Å². The molecule has 0 atom stereocenters. The molecule has 0 saturated carbocycles. The smallest absolute Gasteiger partial charge is 0.185 e. The number of carbonyl (C=O) groups is 4. The molecule has 6 rings (SSSR count). The maximum atomic E-state index is 14.4. The van der Waals surface area contributed by atoms with Crippen molar-refractivity contribution in [3.8, 4) is 11.5 Å². The minimum absolute atomic E-state index is 0.176. The highest BCUT2D eigenvalue weighted by molar-refractivity contribution is 6.21. The summed E-state index contributed by atoms with van der Waals surface area (Å²) in [7, 11) is 0. The van der Waals surface area contributed by atoms with E-state index in [1.54, 1.807) is 0 Å². The maximum Gasteiger partial charge on any atom is 0.185 e. The van der Waals surface area contributed by atoms with E-state index in [2.05, 4.69) is 76.4 Å². The summed E-state index contributed by atoms with van der Waals surface area (Å²) >= 11 is 0. The zero-order valence-corrected chi connectivity index (χ0v) is 30.8. The van der Waals surface area contributed by atoms with Crippen LogP contribution in [-0.4, -0.2) is 62.5 Å². The predicted molar refractivity (Wildman–Crippen MR) is 199 cm³/mol. The molecule has 8 heteroatoms. The zero-order valence-electron chi connectivity index (χ0n) is 30.8. The highest BCUT2D eigenvalue weighted by Gasteiger charge is 2.31. The first-order chi connectivity index (χ1) is 24.2. The summed E-state index contributed by atoms with van der Waals surface area (Å²) in [6, 6.07) is 8.23. The van der Waals surface area contributed by atoms with E-state index in [9.17, 15) is 19.2 Å². The lowest BCUT2D eigenvalue weighted by Crippen LogP contribution is -2.28. The Hall–Kier alpha value is -4.40. The molecule has 0 aromatic heterocycles. The van der Waals surface area contributed by atoms with E-state index < -0.39 is 0 Å². The monoisotopic (exact) mass is 690 g/mol. The second-order valence-corrected chi connectivity index (χ2v) is 16.1. The van der Waals surface area contributed by atoms with Crippen LogP contribution in [0.15, 0.2) is 70.9 Å². The molecule has 0 unspecified atom stereocenters. The molecule has 0 radical (unpaired) electrons. The van der Waals surface area contributed by atoms with Gasteiger partial charge in [0.25, 0.3) is 0 Å². The number of hydrogen-bond acceptors (Lipinski definition) is 8. The van der Waals surface area contributed by atoms with E-state index in [-0.39, 0.29) is 59.6 Å². The molecule has 1 aliphatic heterocycles. The van der Waals surface area contributed by atoms with Gasteiger partial charge in [-0.25, -0.2) is 0 Å². The van der Waals surface area contributed by atoms with E-state index in [1.165, 1.54) is 24.3 Å². The SMILES string of the molecule is CC(C)(C)c1cc2c3c(c1)CC1=CC(=O)C=C(Cc4cc(C(C)(C)C)cc(c4OCCNCCCNCCO3)CC3=CC(=O)C=C(C2)C3=O)C1=O. The number of benzene rings is 2. The largest absolute Gasteiger partial charge is 0.492 e. The van der Waals surface area contributed by atoms with Crippen molar-refractivity contribution >= 4 is 23.1 Å². The number of Topliss-reactive ketones (excluding diaryl/α,β-unsaturated/α-hetero) is 2. The first-order valence-electron chi connectivity index (χ1n) is 18.2. The predicted octanol–water partition coefficient (Wildman–Crippen LogP) is 5.52. The number of ketones is 4. The number of rotatable bonds is 0. The second-order valence-electron chi connectivity index (χ2n) is 16.1. The summed E-state index contributed by atoms with van der Waals surface area (Å²) in [5.41, 5.74) is 6.11. The van der Waals surface area contributed by atoms with Crippen molar-refractivity contribution in [2.75, 3.05) is 39.4 Å².